The van der Waals surface area contributed by atoms with E-state index >= 15 is 0 Å². The van der Waals surface area contributed by atoms with Crippen molar-refractivity contribution in [1.29, 1.82) is 0 Å². The Morgan fingerprint density at radius 3 is 2.70 bits per heavy atom. The van der Waals surface area contributed by atoms with Crippen molar-refractivity contribution in [3.63, 3.8) is 0 Å². The van der Waals surface area contributed by atoms with Crippen molar-refractivity contribution >= 4 is 17.5 Å². The van der Waals surface area contributed by atoms with Crippen molar-refractivity contribution in [3.8, 4) is 0 Å². The van der Waals surface area contributed by atoms with Gasteiger partial charge in [0.25, 0.3) is 5.91 Å². The van der Waals surface area contributed by atoms with Crippen LogP contribution in [0.15, 0.2) is 30.5 Å². The third-order valence-corrected chi connectivity index (χ3v) is 5.97. The lowest BCUT2D eigenvalue weighted by atomic mass is 9.90. The molecule has 4 rings (SSSR count). The topological polar surface area (TPSA) is 95.8 Å². The highest BCUT2D eigenvalue weighted by Crippen LogP contribution is 2.31. The number of fused-ring (bicyclic) bond motifs is 1. The first-order valence-electron chi connectivity index (χ1n) is 10.4. The van der Waals surface area contributed by atoms with E-state index in [4.69, 9.17) is 9.94 Å². The van der Waals surface area contributed by atoms with Crippen molar-refractivity contribution in [2.24, 2.45) is 5.92 Å². The first-order valence-corrected chi connectivity index (χ1v) is 10.4. The third kappa shape index (κ3) is 4.26. The Morgan fingerprint density at radius 2 is 2.00 bits per heavy atom. The van der Waals surface area contributed by atoms with Gasteiger partial charge in [-0.1, -0.05) is 12.1 Å². The first kappa shape index (κ1) is 20.6. The SMILES string of the molecule is Cc1cn(Cc2ccc(C(=O)NO)cc2)c2c1C(=O)C(CCN1CCOCC1)CN2. The molecule has 2 aliphatic rings. The molecule has 160 valence electrons. The smallest absolute Gasteiger partial charge is 0.274 e. The molecule has 3 heterocycles. The number of carbonyl (C=O) groups is 2. The zero-order valence-electron chi connectivity index (χ0n) is 17.2. The molecule has 0 bridgehead atoms. The second kappa shape index (κ2) is 8.99. The number of ketones is 1. The summed E-state index contributed by atoms with van der Waals surface area (Å²) in [5.74, 6) is 0.554. The summed E-state index contributed by atoms with van der Waals surface area (Å²) in [6, 6.07) is 7.04. The molecule has 1 atom stereocenters. The minimum absolute atomic E-state index is 0.00817. The number of amides is 1. The summed E-state index contributed by atoms with van der Waals surface area (Å²) >= 11 is 0. The molecule has 0 spiro atoms. The largest absolute Gasteiger partial charge is 0.379 e. The van der Waals surface area contributed by atoms with Crippen LogP contribution in [0.4, 0.5) is 5.82 Å². The van der Waals surface area contributed by atoms with Gasteiger partial charge in [0, 0.05) is 43.9 Å². The summed E-state index contributed by atoms with van der Waals surface area (Å²) in [6.07, 6.45) is 2.86. The number of hydrogen-bond acceptors (Lipinski definition) is 6. The van der Waals surface area contributed by atoms with E-state index in [-0.39, 0.29) is 11.7 Å². The molecule has 1 unspecified atom stereocenters. The fourth-order valence-corrected chi connectivity index (χ4v) is 4.25. The molecule has 1 aromatic heterocycles. The number of aromatic nitrogens is 1. The number of Topliss-reactive ketones (excluding diaryl/α,β-unsaturated/α-hetero) is 1. The van der Waals surface area contributed by atoms with Crippen LogP contribution >= 0.6 is 0 Å². The van der Waals surface area contributed by atoms with Crippen LogP contribution in [0.3, 0.4) is 0 Å². The van der Waals surface area contributed by atoms with Crippen molar-refractivity contribution < 1.29 is 19.5 Å². The normalized spacial score (nSPS) is 19.3. The highest BCUT2D eigenvalue weighted by Gasteiger charge is 2.31. The van der Waals surface area contributed by atoms with Crippen LogP contribution < -0.4 is 10.8 Å². The maximum absolute atomic E-state index is 13.2. The van der Waals surface area contributed by atoms with E-state index in [2.05, 4.69) is 14.8 Å². The first-order chi connectivity index (χ1) is 14.6. The summed E-state index contributed by atoms with van der Waals surface area (Å²) in [6.45, 7) is 7.56. The Balaban J connectivity index is 1.44. The van der Waals surface area contributed by atoms with Gasteiger partial charge in [0.2, 0.25) is 0 Å². The van der Waals surface area contributed by atoms with Gasteiger partial charge in [-0.3, -0.25) is 19.7 Å². The maximum atomic E-state index is 13.2. The van der Waals surface area contributed by atoms with Gasteiger partial charge in [0.05, 0.1) is 18.8 Å². The Bertz CT molecular complexity index is 916. The molecule has 30 heavy (non-hydrogen) atoms. The van der Waals surface area contributed by atoms with Crippen LogP contribution in [0.2, 0.25) is 0 Å². The highest BCUT2D eigenvalue weighted by molar-refractivity contribution is 6.05. The van der Waals surface area contributed by atoms with Crippen LogP contribution in [0.5, 0.6) is 0 Å². The number of anilines is 1. The maximum Gasteiger partial charge on any atom is 0.274 e. The minimum atomic E-state index is -0.536. The van der Waals surface area contributed by atoms with Gasteiger partial charge in [0.15, 0.2) is 5.78 Å². The quantitative estimate of drug-likeness (QED) is 0.496. The van der Waals surface area contributed by atoms with Gasteiger partial charge in [-0.05, 0) is 43.1 Å². The molecule has 1 aromatic carbocycles. The van der Waals surface area contributed by atoms with Crippen molar-refractivity contribution in [3.05, 3.63) is 52.7 Å². The summed E-state index contributed by atoms with van der Waals surface area (Å²) in [5, 5.41) is 12.2. The van der Waals surface area contributed by atoms with E-state index in [1.165, 1.54) is 0 Å². The molecular formula is C22H28N4O4. The third-order valence-electron chi connectivity index (χ3n) is 5.97. The molecular weight excluding hydrogens is 384 g/mol. The van der Waals surface area contributed by atoms with E-state index in [1.807, 2.05) is 25.3 Å². The van der Waals surface area contributed by atoms with Gasteiger partial charge in [-0.15, -0.1) is 0 Å². The van der Waals surface area contributed by atoms with E-state index in [9.17, 15) is 9.59 Å². The summed E-state index contributed by atoms with van der Waals surface area (Å²) in [7, 11) is 0. The van der Waals surface area contributed by atoms with Gasteiger partial charge in [-0.25, -0.2) is 5.48 Å². The zero-order valence-corrected chi connectivity index (χ0v) is 17.2. The Hall–Kier alpha value is -2.68. The van der Waals surface area contributed by atoms with E-state index in [1.54, 1.807) is 17.6 Å². The van der Waals surface area contributed by atoms with Gasteiger partial charge in [0.1, 0.15) is 5.82 Å². The number of hydrogen-bond donors (Lipinski definition) is 3. The molecule has 0 saturated carbocycles. The predicted molar refractivity (Wildman–Crippen MR) is 112 cm³/mol. The molecule has 0 radical (unpaired) electrons. The van der Waals surface area contributed by atoms with E-state index in [0.29, 0.717) is 18.7 Å². The van der Waals surface area contributed by atoms with Crippen molar-refractivity contribution in [2.45, 2.75) is 19.9 Å². The Morgan fingerprint density at radius 1 is 1.27 bits per heavy atom. The second-order valence-corrected chi connectivity index (χ2v) is 7.99. The standard InChI is InChI=1S/C22H28N4O4/c1-15-13-26(14-16-2-4-17(5-3-16)22(28)24-29)21-19(15)20(27)18(12-23-21)6-7-25-8-10-30-11-9-25/h2-5,13,18,23,29H,6-12,14H2,1H3,(H,24,28). The van der Waals surface area contributed by atoms with Crippen LogP contribution in [-0.2, 0) is 11.3 Å². The van der Waals surface area contributed by atoms with Gasteiger partial charge < -0.3 is 14.6 Å². The molecule has 1 saturated heterocycles. The molecule has 1 amide bonds. The average Bonchev–Trinajstić information content (AvgIpc) is 3.09. The number of aryl methyl sites for hydroxylation is 1. The van der Waals surface area contributed by atoms with Crippen molar-refractivity contribution in [2.75, 3.05) is 44.7 Å². The van der Waals surface area contributed by atoms with Crippen LogP contribution in [-0.4, -0.2) is 65.8 Å². The highest BCUT2D eigenvalue weighted by atomic mass is 16.5. The molecule has 8 nitrogen and oxygen atoms in total. The number of nitrogens with one attached hydrogen (secondary N) is 2. The van der Waals surface area contributed by atoms with Crippen LogP contribution in [0, 0.1) is 12.8 Å². The second-order valence-electron chi connectivity index (χ2n) is 7.99. The molecule has 8 heteroatoms. The van der Waals surface area contributed by atoms with Gasteiger partial charge >= 0.3 is 0 Å². The number of benzene rings is 1. The number of rotatable bonds is 6. The number of hydroxylamine groups is 1. The molecule has 2 aromatic rings. The monoisotopic (exact) mass is 412 g/mol. The predicted octanol–water partition coefficient (Wildman–Crippen LogP) is 1.91. The van der Waals surface area contributed by atoms with Crippen LogP contribution in [0.1, 0.15) is 38.3 Å². The molecule has 0 aliphatic carbocycles. The number of carbonyl (C=O) groups excluding carboxylic acids is 2. The summed E-state index contributed by atoms with van der Waals surface area (Å²) in [5.41, 5.74) is 4.81. The Kier molecular flexibility index (Phi) is 6.17. The fraction of sp³-hybridized carbons (Fsp3) is 0.455. The minimum Gasteiger partial charge on any atom is -0.379 e. The lowest BCUT2D eigenvalue weighted by Crippen LogP contribution is -2.39. The zero-order chi connectivity index (χ0) is 21.1. The Labute approximate surface area is 175 Å². The average molecular weight is 412 g/mol. The number of ether oxygens (including phenoxy) is 1. The number of nitrogens with zero attached hydrogens (tertiary/aromatic N) is 2. The fourth-order valence-electron chi connectivity index (χ4n) is 4.25. The molecule has 2 aliphatic heterocycles. The van der Waals surface area contributed by atoms with E-state index in [0.717, 1.165) is 61.8 Å². The summed E-state index contributed by atoms with van der Waals surface area (Å²) < 4.78 is 7.45. The molecule has 1 fully saturated rings. The van der Waals surface area contributed by atoms with Crippen molar-refractivity contribution in [1.82, 2.24) is 14.9 Å². The lowest BCUT2D eigenvalue weighted by molar-refractivity contribution is 0.0354. The van der Waals surface area contributed by atoms with Gasteiger partial charge in [-0.2, -0.15) is 0 Å². The lowest BCUT2D eigenvalue weighted by Gasteiger charge is -2.30. The molecule has 3 N–H and O–H groups in total. The van der Waals surface area contributed by atoms with Crippen LogP contribution in [0.25, 0.3) is 0 Å². The summed E-state index contributed by atoms with van der Waals surface area (Å²) in [4.78, 5) is 27.0. The number of morpholine rings is 1. The van der Waals surface area contributed by atoms with E-state index < -0.39 is 5.91 Å².